The minimum atomic E-state index is -0.333. The van der Waals surface area contributed by atoms with Crippen LogP contribution in [-0.2, 0) is 0 Å². The van der Waals surface area contributed by atoms with E-state index in [2.05, 4.69) is 4.90 Å². The van der Waals surface area contributed by atoms with Gasteiger partial charge in [0, 0.05) is 23.9 Å². The first-order valence-electron chi connectivity index (χ1n) is 16.0. The van der Waals surface area contributed by atoms with Crippen LogP contribution in [0.5, 0.6) is 11.5 Å². The average molecular weight is 719 g/mol. The molecule has 0 saturated heterocycles. The molecule has 2 N–H and O–H groups in total. The van der Waals surface area contributed by atoms with Crippen molar-refractivity contribution < 1.29 is 29.4 Å². The Balaban J connectivity index is 0.00000378. The molecule has 2 heterocycles. The number of nitrogens with zero attached hydrogens (tertiary/aromatic N) is 3. The fourth-order valence-corrected chi connectivity index (χ4v) is 7.33. The number of aromatic hydroxyl groups is 2. The summed E-state index contributed by atoms with van der Waals surface area (Å²) in [6.07, 6.45) is 1.11. The summed E-state index contributed by atoms with van der Waals surface area (Å²) in [5.41, 5.74) is 1.49. The Morgan fingerprint density at radius 1 is 0.531 bits per heavy atom. The lowest BCUT2D eigenvalue weighted by atomic mass is 9.95. The first-order valence-corrected chi connectivity index (χ1v) is 16.0. The molecule has 0 spiro atoms. The van der Waals surface area contributed by atoms with Crippen molar-refractivity contribution in [2.45, 2.75) is 12.8 Å². The van der Waals surface area contributed by atoms with E-state index in [1.54, 1.807) is 48.5 Å². The lowest BCUT2D eigenvalue weighted by Crippen LogP contribution is -2.34. The molecule has 0 fully saturated rings. The second-order valence-electron chi connectivity index (χ2n) is 12.6. The van der Waals surface area contributed by atoms with E-state index in [4.69, 9.17) is 0 Å². The Labute approximate surface area is 291 Å². The molecule has 0 atom stereocenters. The molecular weight excluding hydrogens is 686 g/mol. The molecule has 49 heavy (non-hydrogen) atoms. The van der Waals surface area contributed by atoms with Gasteiger partial charge in [-0.3, -0.25) is 29.0 Å². The summed E-state index contributed by atoms with van der Waals surface area (Å²) in [5, 5.41) is 26.5. The molecule has 4 amide bonds. The van der Waals surface area contributed by atoms with Crippen molar-refractivity contribution in [3.05, 3.63) is 107 Å². The molecule has 246 valence electrons. The Morgan fingerprint density at radius 3 is 1.33 bits per heavy atom. The van der Waals surface area contributed by atoms with E-state index in [9.17, 15) is 29.4 Å². The van der Waals surface area contributed by atoms with Gasteiger partial charge >= 0.3 is 0 Å². The van der Waals surface area contributed by atoms with Crippen LogP contribution >= 0.6 is 17.0 Å². The first-order chi connectivity index (χ1) is 23.2. The van der Waals surface area contributed by atoms with E-state index >= 15 is 0 Å². The van der Waals surface area contributed by atoms with Crippen LogP contribution in [0.15, 0.2) is 84.9 Å². The van der Waals surface area contributed by atoms with Crippen LogP contribution in [0.2, 0.25) is 0 Å². The topological polar surface area (TPSA) is 118 Å². The van der Waals surface area contributed by atoms with Crippen LogP contribution in [0.4, 0.5) is 0 Å². The summed E-state index contributed by atoms with van der Waals surface area (Å²) >= 11 is 0. The number of benzene rings is 6. The summed E-state index contributed by atoms with van der Waals surface area (Å²) in [6, 6.07) is 24.8. The van der Waals surface area contributed by atoms with Gasteiger partial charge in [-0.15, -0.1) is 17.0 Å². The highest BCUT2D eigenvalue weighted by atomic mass is 79.9. The summed E-state index contributed by atoms with van der Waals surface area (Å²) in [4.78, 5) is 58.6. The molecule has 2 aliphatic rings. The van der Waals surface area contributed by atoms with Crippen molar-refractivity contribution in [2.75, 3.05) is 33.2 Å². The van der Waals surface area contributed by atoms with Crippen LogP contribution in [0.1, 0.15) is 54.3 Å². The SMILES string of the molecule is Br.CN(CCCN1C(=O)c2ccc3ccc4ccc(O)cc4c3c2C1=O)CCCN1C(=O)c2ccc3ccc4ccc(O)cc4c3c2C1=O. The van der Waals surface area contributed by atoms with Crippen LogP contribution < -0.4 is 0 Å². The number of phenolic OH excluding ortho intramolecular Hbond substituents is 2. The maximum absolute atomic E-state index is 13.6. The third kappa shape index (κ3) is 5.19. The maximum atomic E-state index is 13.6. The van der Waals surface area contributed by atoms with E-state index in [0.717, 1.165) is 32.3 Å². The number of fused-ring (bicyclic) bond motifs is 10. The number of imide groups is 2. The maximum Gasteiger partial charge on any atom is 0.262 e. The highest BCUT2D eigenvalue weighted by Gasteiger charge is 2.38. The van der Waals surface area contributed by atoms with Crippen molar-refractivity contribution in [1.82, 2.24) is 14.7 Å². The third-order valence-electron chi connectivity index (χ3n) is 9.68. The fourth-order valence-electron chi connectivity index (χ4n) is 7.33. The second kappa shape index (κ2) is 12.3. The normalized spacial score (nSPS) is 14.2. The van der Waals surface area contributed by atoms with Crippen molar-refractivity contribution >= 4 is 83.7 Å². The molecule has 8 rings (SSSR count). The summed E-state index contributed by atoms with van der Waals surface area (Å²) < 4.78 is 0. The number of carbonyl (C=O) groups is 4. The monoisotopic (exact) mass is 717 g/mol. The lowest BCUT2D eigenvalue weighted by molar-refractivity contribution is 0.0640. The lowest BCUT2D eigenvalue weighted by Gasteiger charge is -2.20. The van der Waals surface area contributed by atoms with Crippen molar-refractivity contribution in [2.24, 2.45) is 0 Å². The van der Waals surface area contributed by atoms with Crippen LogP contribution in [0.25, 0.3) is 43.1 Å². The molecule has 9 nitrogen and oxygen atoms in total. The van der Waals surface area contributed by atoms with Crippen LogP contribution in [0, 0.1) is 0 Å². The molecule has 10 heteroatoms. The molecular formula is C39H32BrN3O6. The van der Waals surface area contributed by atoms with Gasteiger partial charge in [-0.25, -0.2) is 0 Å². The number of carbonyl (C=O) groups excluding carboxylic acids is 4. The molecule has 0 unspecified atom stereocenters. The van der Waals surface area contributed by atoms with Gasteiger partial charge in [0.25, 0.3) is 23.6 Å². The molecule has 6 aromatic carbocycles. The molecule has 0 radical (unpaired) electrons. The van der Waals surface area contributed by atoms with Gasteiger partial charge in [0.1, 0.15) is 11.5 Å². The summed E-state index contributed by atoms with van der Waals surface area (Å²) in [6.45, 7) is 1.72. The smallest absolute Gasteiger partial charge is 0.262 e. The highest BCUT2D eigenvalue weighted by Crippen LogP contribution is 2.38. The average Bonchev–Trinajstić information content (AvgIpc) is 3.47. The largest absolute Gasteiger partial charge is 0.508 e. The first kappa shape index (κ1) is 32.2. The van der Waals surface area contributed by atoms with E-state index in [1.807, 2.05) is 43.4 Å². The molecule has 0 aromatic heterocycles. The second-order valence-corrected chi connectivity index (χ2v) is 12.6. The minimum absolute atomic E-state index is 0. The van der Waals surface area contributed by atoms with Crippen molar-refractivity contribution in [3.63, 3.8) is 0 Å². The number of hydrogen-bond donors (Lipinski definition) is 2. The summed E-state index contributed by atoms with van der Waals surface area (Å²) in [7, 11) is 1.93. The van der Waals surface area contributed by atoms with Crippen LogP contribution in [-0.4, -0.2) is 81.8 Å². The van der Waals surface area contributed by atoms with E-state index in [1.165, 1.54) is 9.80 Å². The molecule has 0 bridgehead atoms. The Kier molecular flexibility index (Phi) is 8.08. The van der Waals surface area contributed by atoms with E-state index in [0.29, 0.717) is 59.0 Å². The molecule has 6 aromatic rings. The predicted molar refractivity (Wildman–Crippen MR) is 194 cm³/mol. The van der Waals surface area contributed by atoms with Gasteiger partial charge in [0.05, 0.1) is 22.3 Å². The Hall–Kier alpha value is -5.32. The minimum Gasteiger partial charge on any atom is -0.508 e. The van der Waals surface area contributed by atoms with Gasteiger partial charge < -0.3 is 15.1 Å². The number of hydrogen-bond acceptors (Lipinski definition) is 7. The summed E-state index contributed by atoms with van der Waals surface area (Å²) in [5.74, 6) is -1.12. The van der Waals surface area contributed by atoms with Gasteiger partial charge in [-0.05, 0) is 102 Å². The van der Waals surface area contributed by atoms with Gasteiger partial charge in [0.2, 0.25) is 0 Å². The Bertz CT molecular complexity index is 2240. The predicted octanol–water partition coefficient (Wildman–Crippen LogP) is 6.89. The number of phenols is 2. The van der Waals surface area contributed by atoms with Crippen molar-refractivity contribution in [3.8, 4) is 11.5 Å². The van der Waals surface area contributed by atoms with E-state index in [-0.39, 0.29) is 65.2 Å². The standard InChI is InChI=1S/C39H31N3O6.BrH/c1-40(16-2-18-41-36(45)28-14-10-24-6-4-22-8-12-26(43)20-30(22)32(24)34(28)38(41)47)17-3-19-42-37(46)29-15-11-25-7-5-23-9-13-27(44)21-31(23)33(25)35(29)39(42)48;/h4-15,20-21,43-44H,2-3,16-19H2,1H3;1H. The number of rotatable bonds is 8. The number of halogens is 1. The fraction of sp³-hybridized carbons (Fsp3) is 0.179. The van der Waals surface area contributed by atoms with Gasteiger partial charge in [0.15, 0.2) is 0 Å². The quantitative estimate of drug-likeness (QED) is 0.130. The van der Waals surface area contributed by atoms with E-state index < -0.39 is 0 Å². The zero-order valence-corrected chi connectivity index (χ0v) is 28.3. The number of amides is 4. The Morgan fingerprint density at radius 2 is 0.898 bits per heavy atom. The third-order valence-corrected chi connectivity index (χ3v) is 9.68. The van der Waals surface area contributed by atoms with Crippen molar-refractivity contribution in [1.29, 1.82) is 0 Å². The molecule has 2 aliphatic heterocycles. The zero-order valence-electron chi connectivity index (χ0n) is 26.6. The molecule has 0 aliphatic carbocycles. The molecule has 0 saturated carbocycles. The van der Waals surface area contributed by atoms with Gasteiger partial charge in [-0.1, -0.05) is 48.5 Å². The highest BCUT2D eigenvalue weighted by molar-refractivity contribution is 8.93. The zero-order chi connectivity index (χ0) is 33.3. The van der Waals surface area contributed by atoms with Crippen LogP contribution in [0.3, 0.4) is 0 Å². The van der Waals surface area contributed by atoms with Gasteiger partial charge in [-0.2, -0.15) is 0 Å².